The van der Waals surface area contributed by atoms with Crippen molar-refractivity contribution < 1.29 is 14.7 Å². The van der Waals surface area contributed by atoms with Crippen LogP contribution in [-0.4, -0.2) is 34.5 Å². The average molecular weight is 227 g/mol. The summed E-state index contributed by atoms with van der Waals surface area (Å²) in [7, 11) is 0. The molecule has 1 N–H and O–H groups in total. The second-order valence-corrected chi connectivity index (χ2v) is 5.22. The Hall–Kier alpha value is -1.06. The molecule has 0 aromatic carbocycles. The molecule has 2 unspecified atom stereocenters. The topological polar surface area (TPSA) is 57.6 Å². The molecule has 4 heteroatoms. The van der Waals surface area contributed by atoms with Gasteiger partial charge in [-0.05, 0) is 32.1 Å². The van der Waals surface area contributed by atoms with E-state index in [0.29, 0.717) is 0 Å². The first kappa shape index (κ1) is 13.0. The highest BCUT2D eigenvalue weighted by atomic mass is 16.4. The highest BCUT2D eigenvalue weighted by Crippen LogP contribution is 2.55. The molecule has 4 nitrogen and oxygen atoms in total. The third-order valence-corrected chi connectivity index (χ3v) is 3.67. The van der Waals surface area contributed by atoms with Crippen LogP contribution >= 0.6 is 0 Å². The third-order valence-electron chi connectivity index (χ3n) is 3.67. The summed E-state index contributed by atoms with van der Waals surface area (Å²) < 4.78 is 0. The molecular formula is C12H21NO3. The zero-order valence-corrected chi connectivity index (χ0v) is 10.5. The van der Waals surface area contributed by atoms with Gasteiger partial charge in [-0.15, -0.1) is 0 Å². The number of carboxylic acids is 1. The molecule has 1 saturated carbocycles. The Morgan fingerprint density at radius 1 is 1.50 bits per heavy atom. The van der Waals surface area contributed by atoms with Gasteiger partial charge in [0.15, 0.2) is 0 Å². The van der Waals surface area contributed by atoms with E-state index in [2.05, 4.69) is 13.8 Å². The summed E-state index contributed by atoms with van der Waals surface area (Å²) in [5.41, 5.74) is 0.0999. The Morgan fingerprint density at radius 2 is 2.06 bits per heavy atom. The first-order chi connectivity index (χ1) is 7.31. The molecule has 0 radical (unpaired) electrons. The second-order valence-electron chi connectivity index (χ2n) is 5.22. The van der Waals surface area contributed by atoms with E-state index in [0.717, 1.165) is 12.8 Å². The highest BCUT2D eigenvalue weighted by molar-refractivity contribution is 5.86. The first-order valence-electron chi connectivity index (χ1n) is 5.84. The second kappa shape index (κ2) is 4.44. The molecule has 1 aliphatic carbocycles. The van der Waals surface area contributed by atoms with E-state index in [9.17, 15) is 9.59 Å². The SMILES string of the molecule is CCC1(C)CC1C(=O)N(CC(=O)O)C(C)C. The van der Waals surface area contributed by atoms with Crippen molar-refractivity contribution in [3.8, 4) is 0 Å². The number of aliphatic carboxylic acids is 1. The molecule has 0 aromatic heterocycles. The van der Waals surface area contributed by atoms with Crippen LogP contribution in [0, 0.1) is 11.3 Å². The lowest BCUT2D eigenvalue weighted by Crippen LogP contribution is -2.42. The van der Waals surface area contributed by atoms with Crippen LogP contribution in [-0.2, 0) is 9.59 Å². The number of carbonyl (C=O) groups is 2. The molecule has 2 atom stereocenters. The lowest BCUT2D eigenvalue weighted by molar-refractivity contribution is -0.146. The minimum absolute atomic E-state index is 0.00162. The van der Waals surface area contributed by atoms with Gasteiger partial charge in [0.05, 0.1) is 0 Å². The lowest BCUT2D eigenvalue weighted by Gasteiger charge is -2.25. The van der Waals surface area contributed by atoms with E-state index < -0.39 is 5.97 Å². The smallest absolute Gasteiger partial charge is 0.323 e. The van der Waals surface area contributed by atoms with Crippen molar-refractivity contribution in [1.82, 2.24) is 4.90 Å². The molecule has 0 bridgehead atoms. The van der Waals surface area contributed by atoms with E-state index in [1.54, 1.807) is 0 Å². The Kier molecular flexibility index (Phi) is 3.61. The van der Waals surface area contributed by atoms with Crippen molar-refractivity contribution in [2.45, 2.75) is 46.6 Å². The van der Waals surface area contributed by atoms with Gasteiger partial charge in [-0.3, -0.25) is 9.59 Å². The maximum absolute atomic E-state index is 12.1. The molecule has 16 heavy (non-hydrogen) atoms. The Labute approximate surface area is 96.6 Å². The zero-order valence-electron chi connectivity index (χ0n) is 10.5. The molecule has 0 heterocycles. The minimum atomic E-state index is -0.944. The van der Waals surface area contributed by atoms with Gasteiger partial charge in [-0.1, -0.05) is 13.8 Å². The number of carboxylic acid groups (broad SMARTS) is 1. The van der Waals surface area contributed by atoms with Crippen LogP contribution in [0.1, 0.15) is 40.5 Å². The standard InChI is InChI=1S/C12H21NO3/c1-5-12(4)6-9(12)11(16)13(8(2)3)7-10(14)15/h8-9H,5-7H2,1-4H3,(H,14,15). The summed E-state index contributed by atoms with van der Waals surface area (Å²) in [4.78, 5) is 24.3. The fourth-order valence-corrected chi connectivity index (χ4v) is 2.04. The van der Waals surface area contributed by atoms with Crippen molar-refractivity contribution in [2.24, 2.45) is 11.3 Å². The highest BCUT2D eigenvalue weighted by Gasteiger charge is 2.54. The van der Waals surface area contributed by atoms with Crippen LogP contribution in [0.4, 0.5) is 0 Å². The van der Waals surface area contributed by atoms with Gasteiger partial charge in [0.2, 0.25) is 5.91 Å². The van der Waals surface area contributed by atoms with E-state index in [4.69, 9.17) is 5.11 Å². The zero-order chi connectivity index (χ0) is 12.5. The predicted molar refractivity (Wildman–Crippen MR) is 61.0 cm³/mol. The van der Waals surface area contributed by atoms with E-state index in [-0.39, 0.29) is 29.8 Å². The summed E-state index contributed by atoms with van der Waals surface area (Å²) >= 11 is 0. The summed E-state index contributed by atoms with van der Waals surface area (Å²) in [6, 6.07) is -0.0506. The number of rotatable bonds is 5. The summed E-state index contributed by atoms with van der Waals surface area (Å²) in [5.74, 6) is -0.915. The van der Waals surface area contributed by atoms with Crippen molar-refractivity contribution >= 4 is 11.9 Å². The molecule has 0 spiro atoms. The van der Waals surface area contributed by atoms with Crippen molar-refractivity contribution in [3.63, 3.8) is 0 Å². The first-order valence-corrected chi connectivity index (χ1v) is 5.84. The van der Waals surface area contributed by atoms with Gasteiger partial charge in [-0.25, -0.2) is 0 Å². The summed E-state index contributed by atoms with van der Waals surface area (Å²) in [6.45, 7) is 7.69. The fourth-order valence-electron chi connectivity index (χ4n) is 2.04. The van der Waals surface area contributed by atoms with Crippen LogP contribution in [0.2, 0.25) is 0 Å². The molecule has 0 saturated heterocycles. The molecule has 1 amide bonds. The van der Waals surface area contributed by atoms with Gasteiger partial charge in [0, 0.05) is 12.0 Å². The van der Waals surface area contributed by atoms with Crippen molar-refractivity contribution in [1.29, 1.82) is 0 Å². The average Bonchev–Trinajstić information content (AvgIpc) is 2.86. The van der Waals surface area contributed by atoms with E-state index in [1.165, 1.54) is 4.90 Å². The Morgan fingerprint density at radius 3 is 2.38 bits per heavy atom. The molecule has 1 rings (SSSR count). The third kappa shape index (κ3) is 2.54. The number of nitrogens with zero attached hydrogens (tertiary/aromatic N) is 1. The monoisotopic (exact) mass is 227 g/mol. The van der Waals surface area contributed by atoms with E-state index in [1.807, 2.05) is 13.8 Å². The largest absolute Gasteiger partial charge is 0.480 e. The maximum atomic E-state index is 12.1. The van der Waals surface area contributed by atoms with E-state index >= 15 is 0 Å². The van der Waals surface area contributed by atoms with Gasteiger partial charge < -0.3 is 10.0 Å². The lowest BCUT2D eigenvalue weighted by atomic mass is 10.0. The normalized spacial score (nSPS) is 27.9. The molecule has 0 aliphatic heterocycles. The van der Waals surface area contributed by atoms with Gasteiger partial charge in [-0.2, -0.15) is 0 Å². The van der Waals surface area contributed by atoms with Gasteiger partial charge >= 0.3 is 5.97 Å². The van der Waals surface area contributed by atoms with Gasteiger partial charge in [0.25, 0.3) is 0 Å². The summed E-state index contributed by atoms with van der Waals surface area (Å²) in [6.07, 6.45) is 1.87. The molecular weight excluding hydrogens is 206 g/mol. The molecule has 1 aliphatic rings. The number of hydrogen-bond acceptors (Lipinski definition) is 2. The number of amides is 1. The van der Waals surface area contributed by atoms with Crippen molar-refractivity contribution in [3.05, 3.63) is 0 Å². The van der Waals surface area contributed by atoms with Crippen LogP contribution < -0.4 is 0 Å². The Bertz CT molecular complexity index is 301. The molecule has 92 valence electrons. The van der Waals surface area contributed by atoms with Gasteiger partial charge in [0.1, 0.15) is 6.54 Å². The maximum Gasteiger partial charge on any atom is 0.323 e. The fraction of sp³-hybridized carbons (Fsp3) is 0.833. The predicted octanol–water partition coefficient (Wildman–Crippen LogP) is 1.74. The molecule has 1 fully saturated rings. The summed E-state index contributed by atoms with van der Waals surface area (Å²) in [5, 5.41) is 8.78. The van der Waals surface area contributed by atoms with Crippen LogP contribution in [0.25, 0.3) is 0 Å². The quantitative estimate of drug-likeness (QED) is 0.778. The van der Waals surface area contributed by atoms with Crippen LogP contribution in [0.5, 0.6) is 0 Å². The number of carbonyl (C=O) groups excluding carboxylic acids is 1. The molecule has 0 aromatic rings. The Balaban J connectivity index is 2.67. The van der Waals surface area contributed by atoms with Crippen LogP contribution in [0.3, 0.4) is 0 Å². The number of hydrogen-bond donors (Lipinski definition) is 1. The minimum Gasteiger partial charge on any atom is -0.480 e. The van der Waals surface area contributed by atoms with Crippen molar-refractivity contribution in [2.75, 3.05) is 6.54 Å². The van der Waals surface area contributed by atoms with Crippen LogP contribution in [0.15, 0.2) is 0 Å².